The third-order valence-corrected chi connectivity index (χ3v) is 1.44. The van der Waals surface area contributed by atoms with Crippen LogP contribution in [0.3, 0.4) is 0 Å². The lowest BCUT2D eigenvalue weighted by Crippen LogP contribution is -2.19. The lowest BCUT2D eigenvalue weighted by molar-refractivity contribution is -0.146. The molecular formula is C7H10O5. The van der Waals surface area contributed by atoms with Gasteiger partial charge in [0.1, 0.15) is 0 Å². The molecule has 0 saturated carbocycles. The van der Waals surface area contributed by atoms with E-state index in [0.29, 0.717) is 0 Å². The quantitative estimate of drug-likeness (QED) is 0.426. The predicted molar refractivity (Wildman–Crippen MR) is 37.3 cm³/mol. The van der Waals surface area contributed by atoms with E-state index in [1.54, 1.807) is 6.92 Å². The Kier molecular flexibility index (Phi) is 2.65. The van der Waals surface area contributed by atoms with Gasteiger partial charge in [-0.3, -0.25) is 0 Å². The fourth-order valence-corrected chi connectivity index (χ4v) is 0.811. The highest BCUT2D eigenvalue weighted by molar-refractivity contribution is 5.89. The summed E-state index contributed by atoms with van der Waals surface area (Å²) in [4.78, 5) is 21.6. The van der Waals surface area contributed by atoms with Crippen LogP contribution in [0.25, 0.3) is 0 Å². The normalized spacial score (nSPS) is 26.2. The van der Waals surface area contributed by atoms with E-state index in [1.807, 2.05) is 0 Å². The number of epoxide rings is 1. The molecule has 0 aliphatic carbocycles. The van der Waals surface area contributed by atoms with Crippen LogP contribution in [0.4, 0.5) is 0 Å². The summed E-state index contributed by atoms with van der Waals surface area (Å²) >= 11 is 0. The van der Waals surface area contributed by atoms with Crippen molar-refractivity contribution < 1.29 is 23.8 Å². The number of rotatable bonds is 3. The van der Waals surface area contributed by atoms with Crippen LogP contribution in [0.1, 0.15) is 6.92 Å². The van der Waals surface area contributed by atoms with E-state index < -0.39 is 24.1 Å². The fraction of sp³-hybridized carbons (Fsp3) is 0.714. The zero-order chi connectivity index (χ0) is 9.14. The van der Waals surface area contributed by atoms with Gasteiger partial charge in [-0.15, -0.1) is 0 Å². The number of methoxy groups -OCH3 is 1. The first-order chi connectivity index (χ1) is 5.70. The molecule has 0 N–H and O–H groups in total. The summed E-state index contributed by atoms with van der Waals surface area (Å²) in [6, 6.07) is 0. The number of hydrogen-bond donors (Lipinski definition) is 0. The Balaban J connectivity index is 2.32. The highest BCUT2D eigenvalue weighted by Gasteiger charge is 2.52. The molecule has 1 heterocycles. The van der Waals surface area contributed by atoms with Gasteiger partial charge in [-0.25, -0.2) is 9.59 Å². The Morgan fingerprint density at radius 2 is 1.92 bits per heavy atom. The van der Waals surface area contributed by atoms with Crippen LogP contribution in [0, 0.1) is 0 Å². The van der Waals surface area contributed by atoms with E-state index in [9.17, 15) is 9.59 Å². The molecule has 1 aliphatic heterocycles. The zero-order valence-corrected chi connectivity index (χ0v) is 6.90. The van der Waals surface area contributed by atoms with Gasteiger partial charge in [-0.05, 0) is 6.92 Å². The van der Waals surface area contributed by atoms with E-state index in [0.717, 1.165) is 0 Å². The molecule has 2 atom stereocenters. The average Bonchev–Trinajstić information content (AvgIpc) is 2.82. The maximum absolute atomic E-state index is 10.9. The number of carbonyl (C=O) groups excluding carboxylic acids is 2. The second-order valence-electron chi connectivity index (χ2n) is 2.25. The number of hydrogen-bond acceptors (Lipinski definition) is 5. The molecule has 1 aliphatic rings. The van der Waals surface area contributed by atoms with Crippen LogP contribution in [0.2, 0.25) is 0 Å². The molecule has 0 aromatic heterocycles. The molecule has 2 unspecified atom stereocenters. The van der Waals surface area contributed by atoms with Crippen molar-refractivity contribution >= 4 is 11.9 Å². The fourth-order valence-electron chi connectivity index (χ4n) is 0.811. The second kappa shape index (κ2) is 3.53. The lowest BCUT2D eigenvalue weighted by Gasteiger charge is -1.95. The van der Waals surface area contributed by atoms with Gasteiger partial charge in [-0.2, -0.15) is 0 Å². The van der Waals surface area contributed by atoms with Crippen molar-refractivity contribution in [1.82, 2.24) is 0 Å². The van der Waals surface area contributed by atoms with Gasteiger partial charge in [0, 0.05) is 0 Å². The monoisotopic (exact) mass is 174 g/mol. The van der Waals surface area contributed by atoms with Crippen LogP contribution < -0.4 is 0 Å². The smallest absolute Gasteiger partial charge is 0.338 e. The van der Waals surface area contributed by atoms with Crippen LogP contribution >= 0.6 is 0 Å². The average molecular weight is 174 g/mol. The van der Waals surface area contributed by atoms with Crippen LogP contribution in [0.15, 0.2) is 0 Å². The number of esters is 2. The van der Waals surface area contributed by atoms with E-state index >= 15 is 0 Å². The first-order valence-electron chi connectivity index (χ1n) is 3.60. The van der Waals surface area contributed by atoms with Gasteiger partial charge in [0.2, 0.25) is 0 Å². The SMILES string of the molecule is CCOC(=O)C1OC1C(=O)OC. The van der Waals surface area contributed by atoms with E-state index in [-0.39, 0.29) is 6.61 Å². The van der Waals surface area contributed by atoms with E-state index in [2.05, 4.69) is 9.47 Å². The van der Waals surface area contributed by atoms with Crippen molar-refractivity contribution in [2.24, 2.45) is 0 Å². The van der Waals surface area contributed by atoms with Crippen molar-refractivity contribution in [2.45, 2.75) is 19.1 Å². The Morgan fingerprint density at radius 3 is 2.42 bits per heavy atom. The standard InChI is InChI=1S/C7H10O5/c1-3-11-7(9)5-4(12-5)6(8)10-2/h4-5H,3H2,1-2H3. The van der Waals surface area contributed by atoms with Gasteiger partial charge in [0.25, 0.3) is 0 Å². The largest absolute Gasteiger partial charge is 0.467 e. The van der Waals surface area contributed by atoms with Crippen molar-refractivity contribution in [3.63, 3.8) is 0 Å². The number of carbonyl (C=O) groups is 2. The summed E-state index contributed by atoms with van der Waals surface area (Å²) in [5.41, 5.74) is 0. The maximum atomic E-state index is 10.9. The molecule has 5 heteroatoms. The molecule has 0 bridgehead atoms. The first-order valence-corrected chi connectivity index (χ1v) is 3.60. The van der Waals surface area contributed by atoms with Crippen LogP contribution in [-0.2, 0) is 23.8 Å². The molecule has 1 saturated heterocycles. The Hall–Kier alpha value is -1.10. The molecule has 12 heavy (non-hydrogen) atoms. The summed E-state index contributed by atoms with van der Waals surface area (Å²) in [7, 11) is 1.24. The third kappa shape index (κ3) is 1.73. The van der Waals surface area contributed by atoms with Crippen molar-refractivity contribution in [3.8, 4) is 0 Å². The second-order valence-corrected chi connectivity index (χ2v) is 2.25. The third-order valence-electron chi connectivity index (χ3n) is 1.44. The molecule has 1 rings (SSSR count). The van der Waals surface area contributed by atoms with Gasteiger partial charge < -0.3 is 14.2 Å². The van der Waals surface area contributed by atoms with Gasteiger partial charge in [0.05, 0.1) is 13.7 Å². The van der Waals surface area contributed by atoms with E-state index in [1.165, 1.54) is 7.11 Å². The minimum atomic E-state index is -0.756. The molecule has 68 valence electrons. The summed E-state index contributed by atoms with van der Waals surface area (Å²) in [5, 5.41) is 0. The summed E-state index contributed by atoms with van der Waals surface area (Å²) in [6.07, 6.45) is -1.51. The first kappa shape index (κ1) is 8.99. The minimum Gasteiger partial charge on any atom is -0.467 e. The molecule has 0 spiro atoms. The van der Waals surface area contributed by atoms with Gasteiger partial charge in [0.15, 0.2) is 12.2 Å². The molecule has 0 aromatic carbocycles. The highest BCUT2D eigenvalue weighted by atomic mass is 16.7. The highest BCUT2D eigenvalue weighted by Crippen LogP contribution is 2.24. The Morgan fingerprint density at radius 1 is 1.33 bits per heavy atom. The number of ether oxygens (including phenoxy) is 3. The zero-order valence-electron chi connectivity index (χ0n) is 6.90. The van der Waals surface area contributed by atoms with Crippen LogP contribution in [-0.4, -0.2) is 37.9 Å². The Bertz CT molecular complexity index is 200. The van der Waals surface area contributed by atoms with Gasteiger partial charge in [-0.1, -0.05) is 0 Å². The molecule has 5 nitrogen and oxygen atoms in total. The predicted octanol–water partition coefficient (Wildman–Crippen LogP) is -0.510. The molecular weight excluding hydrogens is 164 g/mol. The summed E-state index contributed by atoms with van der Waals surface area (Å²) in [5.74, 6) is -1.04. The minimum absolute atomic E-state index is 0.284. The summed E-state index contributed by atoms with van der Waals surface area (Å²) in [6.45, 7) is 1.97. The molecule has 0 amide bonds. The lowest BCUT2D eigenvalue weighted by atomic mass is 10.3. The molecule has 0 aromatic rings. The van der Waals surface area contributed by atoms with Crippen LogP contribution in [0.5, 0.6) is 0 Å². The van der Waals surface area contributed by atoms with E-state index in [4.69, 9.17) is 4.74 Å². The van der Waals surface area contributed by atoms with Crippen molar-refractivity contribution in [3.05, 3.63) is 0 Å². The molecule has 1 fully saturated rings. The maximum Gasteiger partial charge on any atom is 0.338 e. The van der Waals surface area contributed by atoms with Crippen molar-refractivity contribution in [1.29, 1.82) is 0 Å². The summed E-state index contributed by atoms with van der Waals surface area (Å²) < 4.78 is 13.7. The Labute approximate surface area is 69.6 Å². The molecule has 0 radical (unpaired) electrons. The van der Waals surface area contributed by atoms with Gasteiger partial charge >= 0.3 is 11.9 Å². The van der Waals surface area contributed by atoms with Crippen molar-refractivity contribution in [2.75, 3.05) is 13.7 Å². The topological polar surface area (TPSA) is 65.1 Å².